The highest BCUT2D eigenvalue weighted by Crippen LogP contribution is 2.32. The van der Waals surface area contributed by atoms with E-state index in [1.54, 1.807) is 11.9 Å². The number of unbranched alkanes of at least 4 members (excludes halogenated alkanes) is 1. The normalized spacial score (nSPS) is 17.1. The monoisotopic (exact) mass is 491 g/mol. The van der Waals surface area contributed by atoms with E-state index in [4.69, 9.17) is 0 Å². The molecule has 1 aliphatic rings. The predicted octanol–water partition coefficient (Wildman–Crippen LogP) is 4.12. The van der Waals surface area contributed by atoms with Crippen LogP contribution in [0.15, 0.2) is 29.2 Å². The molecule has 1 atom stereocenters. The second-order valence-electron chi connectivity index (χ2n) is 9.02. The summed E-state index contributed by atoms with van der Waals surface area (Å²) in [5, 5.41) is 3.07. The molecule has 0 aromatic heterocycles. The van der Waals surface area contributed by atoms with Crippen LogP contribution in [0.25, 0.3) is 0 Å². The molecule has 6 nitrogen and oxygen atoms in total. The number of sulfonamides is 1. The molecule has 10 heteroatoms. The third-order valence-corrected chi connectivity index (χ3v) is 7.98. The Kier molecular flexibility index (Phi) is 9.75. The zero-order chi connectivity index (χ0) is 24.8. The second kappa shape index (κ2) is 11.7. The van der Waals surface area contributed by atoms with Gasteiger partial charge in [-0.05, 0) is 56.8 Å². The number of carbonyl (C=O) groups excluding carboxylic acids is 1. The minimum atomic E-state index is -4.62. The van der Waals surface area contributed by atoms with Crippen LogP contribution in [0.5, 0.6) is 0 Å². The molecule has 0 saturated carbocycles. The summed E-state index contributed by atoms with van der Waals surface area (Å²) in [6, 6.07) is 3.27. The Morgan fingerprint density at radius 3 is 2.39 bits per heavy atom. The van der Waals surface area contributed by atoms with E-state index < -0.39 is 21.8 Å². The van der Waals surface area contributed by atoms with E-state index >= 15 is 0 Å². The summed E-state index contributed by atoms with van der Waals surface area (Å²) >= 11 is 0. The van der Waals surface area contributed by atoms with E-state index in [0.29, 0.717) is 50.8 Å². The van der Waals surface area contributed by atoms with Gasteiger partial charge in [-0.2, -0.15) is 17.5 Å². The maximum atomic E-state index is 13.4. The van der Waals surface area contributed by atoms with Gasteiger partial charge in [0.2, 0.25) is 15.9 Å². The van der Waals surface area contributed by atoms with Crippen molar-refractivity contribution in [3.63, 3.8) is 0 Å². The average molecular weight is 492 g/mol. The molecule has 1 aliphatic heterocycles. The van der Waals surface area contributed by atoms with Crippen LogP contribution in [-0.4, -0.2) is 62.3 Å². The molecule has 0 bridgehead atoms. The summed E-state index contributed by atoms with van der Waals surface area (Å²) in [7, 11) is -2.36. The van der Waals surface area contributed by atoms with Crippen LogP contribution in [0, 0.1) is 5.92 Å². The summed E-state index contributed by atoms with van der Waals surface area (Å²) in [6.45, 7) is 7.10. The second-order valence-corrected chi connectivity index (χ2v) is 10.9. The van der Waals surface area contributed by atoms with E-state index in [9.17, 15) is 26.4 Å². The molecular formula is C23H36F3N3O3S. The number of benzene rings is 1. The van der Waals surface area contributed by atoms with E-state index in [1.165, 1.54) is 10.4 Å². The van der Waals surface area contributed by atoms with Crippen molar-refractivity contribution in [3.8, 4) is 0 Å². The van der Waals surface area contributed by atoms with Gasteiger partial charge in [-0.1, -0.05) is 33.3 Å². The SMILES string of the molecule is CCCCN(C1CCN(C(=O)[C@H](CC(C)C)NC)CC1)S(=O)(=O)c1cccc(C(F)(F)F)c1. The Labute approximate surface area is 195 Å². The Hall–Kier alpha value is -1.65. The van der Waals surface area contributed by atoms with Crippen LogP contribution in [0.4, 0.5) is 13.2 Å². The number of carbonyl (C=O) groups is 1. The highest BCUT2D eigenvalue weighted by atomic mass is 32.2. The molecule has 0 unspecified atom stereocenters. The number of halogens is 3. The highest BCUT2D eigenvalue weighted by molar-refractivity contribution is 7.89. The molecule has 33 heavy (non-hydrogen) atoms. The lowest BCUT2D eigenvalue weighted by Crippen LogP contribution is -2.52. The maximum Gasteiger partial charge on any atom is 0.416 e. The number of likely N-dealkylation sites (N-methyl/N-ethyl adjacent to an activating group) is 1. The Morgan fingerprint density at radius 2 is 1.88 bits per heavy atom. The van der Waals surface area contributed by atoms with Crippen LogP contribution in [0.2, 0.25) is 0 Å². The van der Waals surface area contributed by atoms with Gasteiger partial charge in [0.15, 0.2) is 0 Å². The third kappa shape index (κ3) is 7.16. The van der Waals surface area contributed by atoms with Gasteiger partial charge in [0, 0.05) is 25.7 Å². The van der Waals surface area contributed by atoms with Crippen molar-refractivity contribution in [3.05, 3.63) is 29.8 Å². The maximum absolute atomic E-state index is 13.4. The molecular weight excluding hydrogens is 455 g/mol. The molecule has 1 N–H and O–H groups in total. The molecule has 0 spiro atoms. The van der Waals surface area contributed by atoms with Gasteiger partial charge in [-0.3, -0.25) is 4.79 Å². The van der Waals surface area contributed by atoms with Crippen LogP contribution < -0.4 is 5.32 Å². The zero-order valence-electron chi connectivity index (χ0n) is 19.9. The van der Waals surface area contributed by atoms with Crippen molar-refractivity contribution in [2.75, 3.05) is 26.7 Å². The molecule has 1 aromatic rings. The summed E-state index contributed by atoms with van der Waals surface area (Å²) in [6.07, 6.45) is -1.65. The largest absolute Gasteiger partial charge is 0.416 e. The minimum absolute atomic E-state index is 0.00509. The fourth-order valence-electron chi connectivity index (χ4n) is 4.19. The predicted molar refractivity (Wildman–Crippen MR) is 122 cm³/mol. The first-order chi connectivity index (χ1) is 15.4. The van der Waals surface area contributed by atoms with Gasteiger partial charge < -0.3 is 10.2 Å². The van der Waals surface area contributed by atoms with Gasteiger partial charge in [0.05, 0.1) is 16.5 Å². The average Bonchev–Trinajstić information content (AvgIpc) is 2.77. The summed E-state index contributed by atoms with van der Waals surface area (Å²) in [5.74, 6) is 0.358. The topological polar surface area (TPSA) is 69.7 Å². The van der Waals surface area contributed by atoms with Crippen LogP contribution in [0.3, 0.4) is 0 Å². The Bertz CT molecular complexity index is 882. The molecule has 188 valence electrons. The standard InChI is InChI=1S/C23H36F3N3O3S/c1-5-6-12-29(33(31,32)20-9-7-8-18(16-20)23(24,25)26)19-10-13-28(14-11-19)22(30)21(27-4)15-17(2)3/h7-9,16-17,19,21,27H,5-6,10-15H2,1-4H3/t21-/m0/s1. The van der Waals surface area contributed by atoms with E-state index in [2.05, 4.69) is 5.32 Å². The number of piperidine rings is 1. The molecule has 1 amide bonds. The molecule has 2 rings (SSSR count). The smallest absolute Gasteiger partial charge is 0.341 e. The number of likely N-dealkylation sites (tertiary alicyclic amines) is 1. The highest BCUT2D eigenvalue weighted by Gasteiger charge is 2.37. The van der Waals surface area contributed by atoms with E-state index in [-0.39, 0.29) is 29.4 Å². The van der Waals surface area contributed by atoms with Crippen molar-refractivity contribution < 1.29 is 26.4 Å². The number of hydrogen-bond acceptors (Lipinski definition) is 4. The first kappa shape index (κ1) is 27.6. The van der Waals surface area contributed by atoms with Gasteiger partial charge in [0.1, 0.15) is 0 Å². The van der Waals surface area contributed by atoms with Gasteiger partial charge in [-0.25, -0.2) is 8.42 Å². The van der Waals surface area contributed by atoms with Crippen LogP contribution in [-0.2, 0) is 21.0 Å². The lowest BCUT2D eigenvalue weighted by atomic mass is 10.00. The number of alkyl halides is 3. The molecule has 1 heterocycles. The Morgan fingerprint density at radius 1 is 1.24 bits per heavy atom. The van der Waals surface area contributed by atoms with E-state index in [1.807, 2.05) is 20.8 Å². The van der Waals surface area contributed by atoms with Gasteiger partial charge in [0.25, 0.3) is 0 Å². The Balaban J connectivity index is 2.20. The number of amides is 1. The molecule has 0 radical (unpaired) electrons. The lowest BCUT2D eigenvalue weighted by molar-refractivity contribution is -0.137. The summed E-state index contributed by atoms with van der Waals surface area (Å²) in [4.78, 5) is 14.3. The first-order valence-electron chi connectivity index (χ1n) is 11.6. The number of nitrogens with zero attached hydrogens (tertiary/aromatic N) is 2. The van der Waals surface area contributed by atoms with Crippen LogP contribution >= 0.6 is 0 Å². The number of nitrogens with one attached hydrogen (secondary N) is 1. The van der Waals surface area contributed by atoms with Gasteiger partial charge >= 0.3 is 6.18 Å². The fourth-order valence-corrected chi connectivity index (χ4v) is 5.96. The van der Waals surface area contributed by atoms with Crippen molar-refractivity contribution >= 4 is 15.9 Å². The quantitative estimate of drug-likeness (QED) is 0.535. The molecule has 1 aromatic carbocycles. The van der Waals surface area contributed by atoms with Gasteiger partial charge in [-0.15, -0.1) is 0 Å². The zero-order valence-corrected chi connectivity index (χ0v) is 20.7. The van der Waals surface area contributed by atoms with Crippen molar-refractivity contribution in [2.45, 2.75) is 76.0 Å². The van der Waals surface area contributed by atoms with E-state index in [0.717, 1.165) is 18.6 Å². The first-order valence-corrected chi connectivity index (χ1v) is 13.0. The number of rotatable bonds is 10. The fraction of sp³-hybridized carbons (Fsp3) is 0.696. The third-order valence-electron chi connectivity index (χ3n) is 6.04. The lowest BCUT2D eigenvalue weighted by Gasteiger charge is -2.39. The summed E-state index contributed by atoms with van der Waals surface area (Å²) < 4.78 is 67.6. The van der Waals surface area contributed by atoms with Crippen molar-refractivity contribution in [1.29, 1.82) is 0 Å². The van der Waals surface area contributed by atoms with Crippen molar-refractivity contribution in [2.24, 2.45) is 5.92 Å². The molecule has 0 aliphatic carbocycles. The molecule has 1 fully saturated rings. The number of hydrogen-bond donors (Lipinski definition) is 1. The molecule has 1 saturated heterocycles. The van der Waals surface area contributed by atoms with Crippen molar-refractivity contribution in [1.82, 2.24) is 14.5 Å². The van der Waals surface area contributed by atoms with Crippen LogP contribution in [0.1, 0.15) is 58.4 Å². The summed E-state index contributed by atoms with van der Waals surface area (Å²) in [5.41, 5.74) is -0.984. The minimum Gasteiger partial charge on any atom is -0.341 e.